The molecule has 27 heavy (non-hydrogen) atoms. The Hall–Kier alpha value is -2.87. The Balaban J connectivity index is 1.69. The van der Waals surface area contributed by atoms with Gasteiger partial charge in [-0.25, -0.2) is 4.39 Å². The second kappa shape index (κ2) is 7.79. The lowest BCUT2D eigenvalue weighted by atomic mass is 10.3. The van der Waals surface area contributed by atoms with Crippen LogP contribution in [0.15, 0.2) is 47.6 Å². The Bertz CT molecular complexity index is 936. The zero-order valence-electron chi connectivity index (χ0n) is 14.8. The molecule has 0 radical (unpaired) electrons. The van der Waals surface area contributed by atoms with Gasteiger partial charge in [0, 0.05) is 18.4 Å². The molecule has 140 valence electrons. The van der Waals surface area contributed by atoms with Crippen molar-refractivity contribution in [1.82, 2.24) is 9.47 Å². The molecule has 1 aliphatic rings. The highest BCUT2D eigenvalue weighted by atomic mass is 32.2. The van der Waals surface area contributed by atoms with Crippen LogP contribution in [0.5, 0.6) is 0 Å². The minimum Gasteiger partial charge on any atom is -0.351 e. The Morgan fingerprint density at radius 1 is 1.26 bits per heavy atom. The fourth-order valence-corrected chi connectivity index (χ4v) is 3.36. The van der Waals surface area contributed by atoms with Crippen LogP contribution in [0.25, 0.3) is 6.08 Å². The number of carbonyl (C=O) groups excluding carboxylic acids is 3. The number of nitrogens with one attached hydrogen (secondary N) is 1. The first-order valence-electron chi connectivity index (χ1n) is 8.32. The number of carbonyl (C=O) groups is 3. The van der Waals surface area contributed by atoms with Crippen molar-refractivity contribution < 1.29 is 18.8 Å². The highest BCUT2D eigenvalue weighted by Gasteiger charge is 2.36. The summed E-state index contributed by atoms with van der Waals surface area (Å²) in [7, 11) is 0. The molecule has 0 bridgehead atoms. The molecule has 0 saturated carbocycles. The van der Waals surface area contributed by atoms with E-state index in [-0.39, 0.29) is 16.6 Å². The quantitative estimate of drug-likeness (QED) is 0.791. The Morgan fingerprint density at radius 3 is 2.67 bits per heavy atom. The molecule has 1 N–H and O–H groups in total. The first-order valence-corrected chi connectivity index (χ1v) is 9.14. The lowest BCUT2D eigenvalue weighted by molar-refractivity contribution is -0.127. The summed E-state index contributed by atoms with van der Waals surface area (Å²) in [4.78, 5) is 37.8. The summed E-state index contributed by atoms with van der Waals surface area (Å²) in [6.07, 6.45) is 5.39. The van der Waals surface area contributed by atoms with Crippen molar-refractivity contribution in [1.29, 1.82) is 0 Å². The van der Waals surface area contributed by atoms with Gasteiger partial charge in [-0.3, -0.25) is 19.3 Å². The van der Waals surface area contributed by atoms with Gasteiger partial charge in [-0.15, -0.1) is 0 Å². The van der Waals surface area contributed by atoms with Crippen LogP contribution in [0.1, 0.15) is 25.5 Å². The van der Waals surface area contributed by atoms with Gasteiger partial charge >= 0.3 is 0 Å². The molecule has 1 aromatic heterocycles. The van der Waals surface area contributed by atoms with Gasteiger partial charge in [0.25, 0.3) is 11.1 Å². The van der Waals surface area contributed by atoms with Crippen LogP contribution in [0.3, 0.4) is 0 Å². The van der Waals surface area contributed by atoms with Gasteiger partial charge < -0.3 is 9.88 Å². The van der Waals surface area contributed by atoms with Gasteiger partial charge in [-0.1, -0.05) is 12.1 Å². The van der Waals surface area contributed by atoms with Gasteiger partial charge in [0.1, 0.15) is 12.4 Å². The second-order valence-electron chi connectivity index (χ2n) is 6.28. The molecule has 3 amide bonds. The zero-order valence-corrected chi connectivity index (χ0v) is 15.6. The molecule has 0 unspecified atom stereocenters. The fraction of sp³-hybridized carbons (Fsp3) is 0.211. The summed E-state index contributed by atoms with van der Waals surface area (Å²) in [5, 5.41) is 1.84. The number of nitrogens with zero attached hydrogens (tertiary/aromatic N) is 2. The Kier molecular flexibility index (Phi) is 5.46. The number of amides is 3. The number of rotatable bonds is 5. The standard InChI is InChI=1S/C19H18FN3O3S/c1-12(2)22-8-7-13(10-22)9-16-18(25)23(19(26)27-16)11-17(24)21-15-6-4-3-5-14(15)20/h3-10,12H,11H2,1-2H3,(H,21,24)/b16-9+. The lowest BCUT2D eigenvalue weighted by Crippen LogP contribution is -2.36. The Labute approximate surface area is 160 Å². The largest absolute Gasteiger partial charge is 0.351 e. The van der Waals surface area contributed by atoms with Crippen LogP contribution < -0.4 is 5.32 Å². The van der Waals surface area contributed by atoms with Crippen molar-refractivity contribution in [3.63, 3.8) is 0 Å². The first kappa shape index (κ1) is 18.9. The number of thioether (sulfide) groups is 1. The summed E-state index contributed by atoms with van der Waals surface area (Å²) >= 11 is 0.781. The number of imide groups is 1. The topological polar surface area (TPSA) is 71.4 Å². The molecule has 2 heterocycles. The van der Waals surface area contributed by atoms with Crippen LogP contribution in [-0.4, -0.2) is 33.1 Å². The summed E-state index contributed by atoms with van der Waals surface area (Å²) in [6.45, 7) is 3.60. The first-order chi connectivity index (χ1) is 12.8. The third-order valence-electron chi connectivity index (χ3n) is 3.95. The number of hydrogen-bond donors (Lipinski definition) is 1. The molecule has 3 rings (SSSR count). The summed E-state index contributed by atoms with van der Waals surface area (Å²) in [5.74, 6) is -1.77. The van der Waals surface area contributed by atoms with Crippen LogP contribution in [0.2, 0.25) is 0 Å². The average Bonchev–Trinajstić information content (AvgIpc) is 3.18. The number of hydrogen-bond acceptors (Lipinski definition) is 4. The van der Waals surface area contributed by atoms with Crippen LogP contribution in [-0.2, 0) is 9.59 Å². The molecule has 6 nitrogen and oxygen atoms in total. The maximum Gasteiger partial charge on any atom is 0.294 e. The third-order valence-corrected chi connectivity index (χ3v) is 4.86. The van der Waals surface area contributed by atoms with E-state index in [1.807, 2.05) is 36.9 Å². The molecule has 1 aromatic carbocycles. The smallest absolute Gasteiger partial charge is 0.294 e. The highest BCUT2D eigenvalue weighted by Crippen LogP contribution is 2.32. The summed E-state index contributed by atoms with van der Waals surface area (Å²) in [6, 6.07) is 7.81. The van der Waals surface area contributed by atoms with Gasteiger partial charge in [-0.2, -0.15) is 0 Å². The minimum absolute atomic E-state index is 0.0000359. The van der Waals surface area contributed by atoms with Crippen LogP contribution in [0, 0.1) is 5.82 Å². The van der Waals surface area contributed by atoms with Crippen LogP contribution in [0.4, 0.5) is 14.9 Å². The van der Waals surface area contributed by atoms with Crippen LogP contribution >= 0.6 is 11.8 Å². The summed E-state index contributed by atoms with van der Waals surface area (Å²) < 4.78 is 15.6. The number of aromatic nitrogens is 1. The molecule has 1 saturated heterocycles. The van der Waals surface area contributed by atoms with Crippen molar-refractivity contribution in [2.75, 3.05) is 11.9 Å². The van der Waals surface area contributed by atoms with Gasteiger partial charge in [0.2, 0.25) is 5.91 Å². The Morgan fingerprint density at radius 2 is 2.00 bits per heavy atom. The summed E-state index contributed by atoms with van der Waals surface area (Å²) in [5.41, 5.74) is 0.796. The number of benzene rings is 1. The van der Waals surface area contributed by atoms with Crippen molar-refractivity contribution in [2.24, 2.45) is 0 Å². The molecule has 0 atom stereocenters. The second-order valence-corrected chi connectivity index (χ2v) is 7.27. The van der Waals surface area contributed by atoms with Gasteiger partial charge in [0.05, 0.1) is 10.6 Å². The molecule has 2 aromatic rings. The van der Waals surface area contributed by atoms with Gasteiger partial charge in [-0.05, 0) is 55.4 Å². The zero-order chi connectivity index (χ0) is 19.6. The molecule has 8 heteroatoms. The van der Waals surface area contributed by atoms with Crippen molar-refractivity contribution in [2.45, 2.75) is 19.9 Å². The van der Waals surface area contributed by atoms with E-state index >= 15 is 0 Å². The monoisotopic (exact) mass is 387 g/mol. The van der Waals surface area contributed by atoms with Crippen molar-refractivity contribution in [3.8, 4) is 0 Å². The third kappa shape index (κ3) is 4.28. The molecular weight excluding hydrogens is 369 g/mol. The van der Waals surface area contributed by atoms with E-state index in [9.17, 15) is 18.8 Å². The SMILES string of the molecule is CC(C)n1ccc(/C=C2/SC(=O)N(CC(=O)Nc3ccccc3F)C2=O)c1. The lowest BCUT2D eigenvalue weighted by Gasteiger charge is -2.12. The molecule has 1 aliphatic heterocycles. The van der Waals surface area contributed by atoms with Crippen molar-refractivity contribution >= 4 is 40.6 Å². The van der Waals surface area contributed by atoms with E-state index in [1.54, 1.807) is 12.1 Å². The van der Waals surface area contributed by atoms with E-state index in [4.69, 9.17) is 0 Å². The number of anilines is 1. The number of halogens is 1. The van der Waals surface area contributed by atoms with E-state index in [2.05, 4.69) is 5.32 Å². The predicted octanol–water partition coefficient (Wildman–Crippen LogP) is 3.88. The molecule has 0 spiro atoms. The fourth-order valence-electron chi connectivity index (χ4n) is 2.52. The molecule has 0 aliphatic carbocycles. The molecule has 1 fully saturated rings. The molecular formula is C19H18FN3O3S. The minimum atomic E-state index is -0.644. The maximum absolute atomic E-state index is 13.6. The predicted molar refractivity (Wildman–Crippen MR) is 103 cm³/mol. The van der Waals surface area contributed by atoms with Crippen molar-refractivity contribution in [3.05, 3.63) is 59.0 Å². The van der Waals surface area contributed by atoms with E-state index in [0.717, 1.165) is 22.2 Å². The normalized spacial score (nSPS) is 15.9. The van der Waals surface area contributed by atoms with E-state index < -0.39 is 29.4 Å². The highest BCUT2D eigenvalue weighted by molar-refractivity contribution is 8.18. The van der Waals surface area contributed by atoms with E-state index in [0.29, 0.717) is 0 Å². The average molecular weight is 387 g/mol. The maximum atomic E-state index is 13.6. The number of para-hydroxylation sites is 1. The van der Waals surface area contributed by atoms with E-state index in [1.165, 1.54) is 18.2 Å². The van der Waals surface area contributed by atoms with Gasteiger partial charge in [0.15, 0.2) is 0 Å².